The molecule has 1 heterocycles. The van der Waals surface area contributed by atoms with Crippen molar-refractivity contribution in [2.45, 2.75) is 19.3 Å². The zero-order valence-corrected chi connectivity index (χ0v) is 13.7. The highest BCUT2D eigenvalue weighted by atomic mass is 16.5. The number of nitrogens with one attached hydrogen (secondary N) is 1. The number of carbonyl (C=O) groups excluding carboxylic acids is 1. The summed E-state index contributed by atoms with van der Waals surface area (Å²) in [5.41, 5.74) is 1.11. The summed E-state index contributed by atoms with van der Waals surface area (Å²) < 4.78 is 11.3. The predicted molar refractivity (Wildman–Crippen MR) is 93.3 cm³/mol. The quantitative estimate of drug-likeness (QED) is 0.795. The topological polar surface area (TPSA) is 47.6 Å². The highest BCUT2D eigenvalue weighted by Crippen LogP contribution is 2.26. The van der Waals surface area contributed by atoms with Crippen LogP contribution in [0.2, 0.25) is 0 Å². The van der Waals surface area contributed by atoms with Crippen molar-refractivity contribution in [2.75, 3.05) is 19.8 Å². The molecule has 1 N–H and O–H groups in total. The molecule has 1 unspecified atom stereocenters. The van der Waals surface area contributed by atoms with Crippen molar-refractivity contribution in [2.24, 2.45) is 5.92 Å². The van der Waals surface area contributed by atoms with Gasteiger partial charge in [0.25, 0.3) is 0 Å². The van der Waals surface area contributed by atoms with E-state index in [0.717, 1.165) is 36.3 Å². The molecule has 0 spiro atoms. The molecule has 24 heavy (non-hydrogen) atoms. The molecular formula is C20H23NO3. The molecule has 1 aliphatic heterocycles. The summed E-state index contributed by atoms with van der Waals surface area (Å²) in [6, 6.07) is 17.7. The number of unbranched alkanes of at least 4 members (excludes halogenated alkanes) is 1. The molecule has 0 radical (unpaired) electrons. The fourth-order valence-electron chi connectivity index (χ4n) is 2.79. The molecule has 0 aliphatic carbocycles. The Hall–Kier alpha value is -2.49. The molecule has 1 atom stereocenters. The summed E-state index contributed by atoms with van der Waals surface area (Å²) in [6.07, 6.45) is 2.57. The molecule has 2 aromatic carbocycles. The van der Waals surface area contributed by atoms with Crippen LogP contribution in [0.25, 0.3) is 0 Å². The zero-order chi connectivity index (χ0) is 16.6. The standard InChI is InChI=1S/C20H23NO3/c22-20(17-14-16-8-4-5-11-19(16)24-15-17)21-12-6-7-13-23-18-9-2-1-3-10-18/h1-5,8-11,17H,6-7,12-15H2,(H,21,22). The number of para-hydroxylation sites is 2. The first-order valence-corrected chi connectivity index (χ1v) is 8.49. The van der Waals surface area contributed by atoms with E-state index in [9.17, 15) is 4.79 Å². The van der Waals surface area contributed by atoms with Crippen LogP contribution in [-0.4, -0.2) is 25.7 Å². The lowest BCUT2D eigenvalue weighted by Crippen LogP contribution is -2.37. The molecule has 1 amide bonds. The number of hydrogen-bond donors (Lipinski definition) is 1. The fraction of sp³-hybridized carbons (Fsp3) is 0.350. The summed E-state index contributed by atoms with van der Waals surface area (Å²) in [5.74, 6) is 1.77. The van der Waals surface area contributed by atoms with Crippen molar-refractivity contribution in [1.29, 1.82) is 0 Å². The lowest BCUT2D eigenvalue weighted by Gasteiger charge is -2.24. The maximum atomic E-state index is 12.2. The van der Waals surface area contributed by atoms with Gasteiger partial charge in [0.15, 0.2) is 0 Å². The third-order valence-electron chi connectivity index (χ3n) is 4.13. The van der Waals surface area contributed by atoms with E-state index in [2.05, 4.69) is 5.32 Å². The molecule has 1 aliphatic rings. The molecule has 0 fully saturated rings. The zero-order valence-electron chi connectivity index (χ0n) is 13.7. The molecule has 0 saturated carbocycles. The van der Waals surface area contributed by atoms with Crippen LogP contribution in [0.4, 0.5) is 0 Å². The van der Waals surface area contributed by atoms with E-state index < -0.39 is 0 Å². The van der Waals surface area contributed by atoms with E-state index in [4.69, 9.17) is 9.47 Å². The van der Waals surface area contributed by atoms with Crippen molar-refractivity contribution in [3.63, 3.8) is 0 Å². The maximum absolute atomic E-state index is 12.2. The van der Waals surface area contributed by atoms with Crippen molar-refractivity contribution in [3.05, 3.63) is 60.2 Å². The van der Waals surface area contributed by atoms with Crippen molar-refractivity contribution in [1.82, 2.24) is 5.32 Å². The Morgan fingerprint density at radius 1 is 1.08 bits per heavy atom. The van der Waals surface area contributed by atoms with E-state index >= 15 is 0 Å². The summed E-state index contributed by atoms with van der Waals surface area (Å²) in [6.45, 7) is 1.80. The molecule has 4 heteroatoms. The van der Waals surface area contributed by atoms with E-state index in [0.29, 0.717) is 19.8 Å². The molecule has 0 bridgehead atoms. The number of benzene rings is 2. The Morgan fingerprint density at radius 3 is 2.75 bits per heavy atom. The number of amides is 1. The van der Waals surface area contributed by atoms with E-state index in [1.165, 1.54) is 0 Å². The number of hydrogen-bond acceptors (Lipinski definition) is 3. The summed E-state index contributed by atoms with van der Waals surface area (Å²) in [7, 11) is 0. The third kappa shape index (κ3) is 4.51. The second kappa shape index (κ2) is 8.39. The van der Waals surface area contributed by atoms with Crippen LogP contribution in [0.5, 0.6) is 11.5 Å². The summed E-state index contributed by atoms with van der Waals surface area (Å²) in [4.78, 5) is 12.2. The lowest BCUT2D eigenvalue weighted by atomic mass is 9.96. The predicted octanol–water partition coefficient (Wildman–Crippen LogP) is 3.21. The fourth-order valence-corrected chi connectivity index (χ4v) is 2.79. The average Bonchev–Trinajstić information content (AvgIpc) is 2.65. The second-order valence-electron chi connectivity index (χ2n) is 5.98. The van der Waals surface area contributed by atoms with Gasteiger partial charge < -0.3 is 14.8 Å². The smallest absolute Gasteiger partial charge is 0.226 e. The molecular weight excluding hydrogens is 302 g/mol. The number of carbonyl (C=O) groups is 1. The number of fused-ring (bicyclic) bond motifs is 1. The van der Waals surface area contributed by atoms with Crippen LogP contribution in [0.15, 0.2) is 54.6 Å². The van der Waals surface area contributed by atoms with Crippen molar-refractivity contribution >= 4 is 5.91 Å². The normalized spacial score (nSPS) is 15.9. The monoisotopic (exact) mass is 325 g/mol. The SMILES string of the molecule is O=C(NCCCCOc1ccccc1)C1COc2ccccc2C1. The Labute approximate surface area is 142 Å². The van der Waals surface area contributed by atoms with Gasteiger partial charge in [0.1, 0.15) is 18.1 Å². The minimum absolute atomic E-state index is 0.0773. The molecule has 4 nitrogen and oxygen atoms in total. The first kappa shape index (κ1) is 16.4. The second-order valence-corrected chi connectivity index (χ2v) is 5.98. The molecule has 2 aromatic rings. The lowest BCUT2D eigenvalue weighted by molar-refractivity contribution is -0.126. The third-order valence-corrected chi connectivity index (χ3v) is 4.13. The van der Waals surface area contributed by atoms with Gasteiger partial charge in [-0.3, -0.25) is 4.79 Å². The van der Waals surface area contributed by atoms with Crippen LogP contribution in [0.1, 0.15) is 18.4 Å². The Kier molecular flexibility index (Phi) is 5.72. The first-order valence-electron chi connectivity index (χ1n) is 8.49. The van der Waals surface area contributed by atoms with Gasteiger partial charge in [0.05, 0.1) is 12.5 Å². The first-order chi connectivity index (χ1) is 11.8. The highest BCUT2D eigenvalue weighted by Gasteiger charge is 2.25. The van der Waals surface area contributed by atoms with Crippen LogP contribution in [0.3, 0.4) is 0 Å². The van der Waals surface area contributed by atoms with Gasteiger partial charge >= 0.3 is 0 Å². The minimum atomic E-state index is -0.0968. The van der Waals surface area contributed by atoms with Crippen LogP contribution in [0, 0.1) is 5.92 Å². The van der Waals surface area contributed by atoms with Crippen LogP contribution >= 0.6 is 0 Å². The largest absolute Gasteiger partial charge is 0.494 e. The van der Waals surface area contributed by atoms with Gasteiger partial charge in [-0.1, -0.05) is 36.4 Å². The van der Waals surface area contributed by atoms with Crippen molar-refractivity contribution in [3.8, 4) is 11.5 Å². The van der Waals surface area contributed by atoms with E-state index in [1.54, 1.807) is 0 Å². The van der Waals surface area contributed by atoms with Gasteiger partial charge in [-0.2, -0.15) is 0 Å². The van der Waals surface area contributed by atoms with Gasteiger partial charge in [0, 0.05) is 6.54 Å². The highest BCUT2D eigenvalue weighted by molar-refractivity contribution is 5.79. The van der Waals surface area contributed by atoms with Gasteiger partial charge in [0.2, 0.25) is 5.91 Å². The Bertz CT molecular complexity index is 657. The number of ether oxygens (including phenoxy) is 2. The van der Waals surface area contributed by atoms with E-state index in [-0.39, 0.29) is 11.8 Å². The molecule has 0 saturated heterocycles. The molecule has 3 rings (SSSR count). The Balaban J connectivity index is 1.32. The minimum Gasteiger partial charge on any atom is -0.494 e. The van der Waals surface area contributed by atoms with Crippen molar-refractivity contribution < 1.29 is 14.3 Å². The van der Waals surface area contributed by atoms with Gasteiger partial charge in [-0.05, 0) is 43.0 Å². The summed E-state index contributed by atoms with van der Waals surface area (Å²) in [5, 5.41) is 3.01. The maximum Gasteiger partial charge on any atom is 0.226 e. The summed E-state index contributed by atoms with van der Waals surface area (Å²) >= 11 is 0. The average molecular weight is 325 g/mol. The van der Waals surface area contributed by atoms with Crippen LogP contribution < -0.4 is 14.8 Å². The van der Waals surface area contributed by atoms with Gasteiger partial charge in [-0.25, -0.2) is 0 Å². The Morgan fingerprint density at radius 2 is 1.88 bits per heavy atom. The van der Waals surface area contributed by atoms with E-state index in [1.807, 2.05) is 54.6 Å². The van der Waals surface area contributed by atoms with Crippen LogP contribution in [-0.2, 0) is 11.2 Å². The molecule has 126 valence electrons. The number of rotatable bonds is 7. The van der Waals surface area contributed by atoms with Gasteiger partial charge in [-0.15, -0.1) is 0 Å². The molecule has 0 aromatic heterocycles.